The molecule has 1 aromatic carbocycles. The number of hydrogen-bond acceptors (Lipinski definition) is 4. The van der Waals surface area contributed by atoms with Crippen LogP contribution < -0.4 is 21.5 Å². The Bertz CT molecular complexity index is 560. The average Bonchev–Trinajstić information content (AvgIpc) is 2.86. The first-order chi connectivity index (χ1) is 10.5. The van der Waals surface area contributed by atoms with Crippen LogP contribution in [-0.4, -0.2) is 24.5 Å². The number of amides is 2. The molecule has 1 aliphatic carbocycles. The molecule has 1 fully saturated rings. The molecule has 2 atom stereocenters. The molecule has 2 amide bonds. The summed E-state index contributed by atoms with van der Waals surface area (Å²) in [6.45, 7) is 2.34. The van der Waals surface area contributed by atoms with Gasteiger partial charge in [0, 0.05) is 12.5 Å². The van der Waals surface area contributed by atoms with Crippen LogP contribution in [0.3, 0.4) is 0 Å². The van der Waals surface area contributed by atoms with E-state index in [9.17, 15) is 9.59 Å². The van der Waals surface area contributed by atoms with Crippen molar-refractivity contribution in [2.24, 2.45) is 17.4 Å². The second kappa shape index (κ2) is 7.26. The summed E-state index contributed by atoms with van der Waals surface area (Å²) < 4.78 is 5.34. The van der Waals surface area contributed by atoms with E-state index in [4.69, 9.17) is 16.2 Å². The maximum atomic E-state index is 12.1. The number of carbonyl (C=O) groups is 2. The Balaban J connectivity index is 2.07. The van der Waals surface area contributed by atoms with Crippen LogP contribution in [0.1, 0.15) is 43.0 Å². The van der Waals surface area contributed by atoms with Crippen LogP contribution in [-0.2, 0) is 4.79 Å². The Labute approximate surface area is 130 Å². The molecule has 0 bridgehead atoms. The van der Waals surface area contributed by atoms with Gasteiger partial charge in [-0.15, -0.1) is 0 Å². The van der Waals surface area contributed by atoms with Crippen LogP contribution in [0.15, 0.2) is 18.2 Å². The quantitative estimate of drug-likeness (QED) is 0.742. The van der Waals surface area contributed by atoms with Crippen molar-refractivity contribution in [1.82, 2.24) is 0 Å². The summed E-state index contributed by atoms with van der Waals surface area (Å²) in [5.74, 6) is 0.00951. The molecule has 0 unspecified atom stereocenters. The van der Waals surface area contributed by atoms with Gasteiger partial charge in [0.25, 0.3) is 5.91 Å². The largest absolute Gasteiger partial charge is 0.494 e. The molecule has 0 aromatic heterocycles. The number of carbonyl (C=O) groups excluding carboxylic acids is 2. The zero-order chi connectivity index (χ0) is 16.1. The predicted octanol–water partition coefficient (Wildman–Crippen LogP) is 1.64. The Morgan fingerprint density at radius 2 is 2.14 bits per heavy atom. The zero-order valence-electron chi connectivity index (χ0n) is 12.8. The van der Waals surface area contributed by atoms with Crippen molar-refractivity contribution < 1.29 is 14.3 Å². The number of ether oxygens (including phenoxy) is 1. The van der Waals surface area contributed by atoms with Gasteiger partial charge in [-0.05, 0) is 43.9 Å². The van der Waals surface area contributed by atoms with Crippen molar-refractivity contribution in [3.05, 3.63) is 23.8 Å². The lowest BCUT2D eigenvalue weighted by atomic mass is 9.99. The standard InChI is InChI=1S/C16H23N3O3/c1-2-22-11-6-7-14(12(9-11)16(18)21)19-15(20)8-10-4-3-5-13(10)17/h6-7,9-10,13H,2-5,8,17H2,1H3,(H2,18,21)(H,19,20)/t10-,13+/m0/s1. The van der Waals surface area contributed by atoms with Gasteiger partial charge in [-0.25, -0.2) is 0 Å². The number of primary amides is 1. The Morgan fingerprint density at radius 3 is 2.73 bits per heavy atom. The molecule has 1 saturated carbocycles. The number of nitrogens with two attached hydrogens (primary N) is 2. The zero-order valence-corrected chi connectivity index (χ0v) is 12.8. The number of rotatable bonds is 6. The van der Waals surface area contributed by atoms with Crippen LogP contribution in [0.4, 0.5) is 5.69 Å². The highest BCUT2D eigenvalue weighted by atomic mass is 16.5. The number of anilines is 1. The summed E-state index contributed by atoms with van der Waals surface area (Å²) in [6.07, 6.45) is 3.37. The highest BCUT2D eigenvalue weighted by molar-refractivity contribution is 6.03. The SMILES string of the molecule is CCOc1ccc(NC(=O)C[C@@H]2CCC[C@H]2N)c(C(N)=O)c1. The van der Waals surface area contributed by atoms with E-state index in [1.165, 1.54) is 0 Å². The lowest BCUT2D eigenvalue weighted by Crippen LogP contribution is -2.28. The van der Waals surface area contributed by atoms with Gasteiger partial charge >= 0.3 is 0 Å². The molecule has 1 aliphatic rings. The highest BCUT2D eigenvalue weighted by Crippen LogP contribution is 2.28. The second-order valence-corrected chi connectivity index (χ2v) is 5.61. The molecule has 0 saturated heterocycles. The van der Waals surface area contributed by atoms with Gasteiger partial charge in [0.2, 0.25) is 5.91 Å². The molecule has 6 heteroatoms. The molecular formula is C16H23N3O3. The second-order valence-electron chi connectivity index (χ2n) is 5.61. The van der Waals surface area contributed by atoms with Gasteiger partial charge in [0.1, 0.15) is 5.75 Å². The predicted molar refractivity (Wildman–Crippen MR) is 84.7 cm³/mol. The number of nitrogens with one attached hydrogen (secondary N) is 1. The molecule has 120 valence electrons. The minimum Gasteiger partial charge on any atom is -0.494 e. The normalized spacial score (nSPS) is 20.6. The van der Waals surface area contributed by atoms with Crippen LogP contribution >= 0.6 is 0 Å². The summed E-state index contributed by atoms with van der Waals surface area (Å²) in [5.41, 5.74) is 12.0. The Morgan fingerprint density at radius 1 is 1.36 bits per heavy atom. The van der Waals surface area contributed by atoms with Crippen molar-refractivity contribution in [1.29, 1.82) is 0 Å². The third-order valence-electron chi connectivity index (χ3n) is 4.01. The smallest absolute Gasteiger partial charge is 0.250 e. The topological polar surface area (TPSA) is 107 Å². The summed E-state index contributed by atoms with van der Waals surface area (Å²) in [5, 5.41) is 2.76. The molecule has 1 aromatic rings. The van der Waals surface area contributed by atoms with E-state index in [1.54, 1.807) is 18.2 Å². The third-order valence-corrected chi connectivity index (χ3v) is 4.01. The van der Waals surface area contributed by atoms with Gasteiger partial charge in [0.15, 0.2) is 0 Å². The lowest BCUT2D eigenvalue weighted by molar-refractivity contribution is -0.117. The van der Waals surface area contributed by atoms with E-state index >= 15 is 0 Å². The first-order valence-corrected chi connectivity index (χ1v) is 7.63. The summed E-state index contributed by atoms with van der Waals surface area (Å²) in [6, 6.07) is 4.97. The van der Waals surface area contributed by atoms with Gasteiger partial charge in [0.05, 0.1) is 17.9 Å². The minimum absolute atomic E-state index is 0.0849. The van der Waals surface area contributed by atoms with Crippen molar-refractivity contribution in [3.63, 3.8) is 0 Å². The van der Waals surface area contributed by atoms with E-state index in [0.29, 0.717) is 24.5 Å². The van der Waals surface area contributed by atoms with Crippen LogP contribution in [0, 0.1) is 5.92 Å². The summed E-state index contributed by atoms with van der Waals surface area (Å²) in [7, 11) is 0. The number of benzene rings is 1. The van der Waals surface area contributed by atoms with Crippen molar-refractivity contribution in [2.45, 2.75) is 38.6 Å². The molecule has 0 spiro atoms. The van der Waals surface area contributed by atoms with Gasteiger partial charge < -0.3 is 21.5 Å². The van der Waals surface area contributed by atoms with Crippen molar-refractivity contribution in [2.75, 3.05) is 11.9 Å². The van der Waals surface area contributed by atoms with Crippen LogP contribution in [0.5, 0.6) is 5.75 Å². The van der Waals surface area contributed by atoms with Gasteiger partial charge in [-0.3, -0.25) is 9.59 Å². The fourth-order valence-electron chi connectivity index (χ4n) is 2.85. The Hall–Kier alpha value is -2.08. The van der Waals surface area contributed by atoms with Crippen LogP contribution in [0.25, 0.3) is 0 Å². The molecule has 22 heavy (non-hydrogen) atoms. The lowest BCUT2D eigenvalue weighted by Gasteiger charge is -2.16. The van der Waals surface area contributed by atoms with E-state index < -0.39 is 5.91 Å². The summed E-state index contributed by atoms with van der Waals surface area (Å²) in [4.78, 5) is 23.7. The molecular weight excluding hydrogens is 282 g/mol. The Kier molecular flexibility index (Phi) is 5.38. The van der Waals surface area contributed by atoms with E-state index in [-0.39, 0.29) is 23.4 Å². The van der Waals surface area contributed by atoms with Crippen molar-refractivity contribution in [3.8, 4) is 5.75 Å². The van der Waals surface area contributed by atoms with E-state index in [0.717, 1.165) is 19.3 Å². The monoisotopic (exact) mass is 305 g/mol. The first-order valence-electron chi connectivity index (χ1n) is 7.63. The molecule has 5 N–H and O–H groups in total. The molecule has 0 heterocycles. The fourth-order valence-corrected chi connectivity index (χ4v) is 2.85. The number of hydrogen-bond donors (Lipinski definition) is 3. The molecule has 6 nitrogen and oxygen atoms in total. The van der Waals surface area contributed by atoms with E-state index in [1.807, 2.05) is 6.92 Å². The molecule has 0 radical (unpaired) electrons. The minimum atomic E-state index is -0.602. The van der Waals surface area contributed by atoms with Crippen molar-refractivity contribution >= 4 is 17.5 Å². The molecule has 2 rings (SSSR count). The molecule has 0 aliphatic heterocycles. The van der Waals surface area contributed by atoms with Crippen LogP contribution in [0.2, 0.25) is 0 Å². The van der Waals surface area contributed by atoms with E-state index in [2.05, 4.69) is 5.32 Å². The first kappa shape index (κ1) is 16.3. The third kappa shape index (κ3) is 3.98. The van der Waals surface area contributed by atoms with Gasteiger partial charge in [-0.1, -0.05) is 6.42 Å². The average molecular weight is 305 g/mol. The summed E-state index contributed by atoms with van der Waals surface area (Å²) >= 11 is 0. The maximum absolute atomic E-state index is 12.1. The van der Waals surface area contributed by atoms with Gasteiger partial charge in [-0.2, -0.15) is 0 Å². The fraction of sp³-hybridized carbons (Fsp3) is 0.500. The highest BCUT2D eigenvalue weighted by Gasteiger charge is 2.26. The maximum Gasteiger partial charge on any atom is 0.250 e.